The van der Waals surface area contributed by atoms with Crippen LogP contribution in [-0.4, -0.2) is 4.86 Å². The number of rotatable bonds is 2. The van der Waals surface area contributed by atoms with Crippen molar-refractivity contribution in [2.24, 2.45) is 0 Å². The Hall–Kier alpha value is -0.430. The fourth-order valence-electron chi connectivity index (χ4n) is 1.06. The van der Waals surface area contributed by atoms with Gasteiger partial charge in [-0.3, -0.25) is 0 Å². The van der Waals surface area contributed by atoms with Crippen molar-refractivity contribution < 1.29 is 0 Å². The molecule has 0 amide bonds. The van der Waals surface area contributed by atoms with E-state index in [1.165, 1.54) is 18.4 Å². The van der Waals surface area contributed by atoms with Crippen LogP contribution in [0.4, 0.5) is 0 Å². The second-order valence-corrected chi connectivity index (χ2v) is 2.98. The first-order chi connectivity index (χ1) is 4.83. The Morgan fingerprint density at radius 2 is 2.50 bits per heavy atom. The maximum Gasteiger partial charge on any atom is 0.0271 e. The van der Waals surface area contributed by atoms with E-state index in [0.29, 0.717) is 0 Å². The summed E-state index contributed by atoms with van der Waals surface area (Å²) in [4.78, 5) is 0.950. The summed E-state index contributed by atoms with van der Waals surface area (Å²) in [7, 11) is 0. The van der Waals surface area contributed by atoms with E-state index < -0.39 is 0 Å². The quantitative estimate of drug-likeness (QED) is 0.547. The van der Waals surface area contributed by atoms with Crippen molar-refractivity contribution in [3.05, 3.63) is 23.8 Å². The molecule has 53 valence electrons. The molecule has 0 spiro atoms. The molecule has 1 radical (unpaired) electrons. The number of hydrogen-bond donors (Lipinski definition) is 0. The first-order valence-electron chi connectivity index (χ1n) is 3.63. The second kappa shape index (κ2) is 3.67. The standard InChI is InChI=1S/C9H11S/c1-2-4-8-5-3-6-9(10)7-8/h3,5H,2,4,7H2,1H3. The zero-order valence-corrected chi connectivity index (χ0v) is 7.00. The van der Waals surface area contributed by atoms with E-state index in [9.17, 15) is 0 Å². The van der Waals surface area contributed by atoms with Crippen LogP contribution in [0.5, 0.6) is 0 Å². The van der Waals surface area contributed by atoms with Gasteiger partial charge >= 0.3 is 0 Å². The third-order valence-corrected chi connectivity index (χ3v) is 1.78. The van der Waals surface area contributed by atoms with Crippen LogP contribution in [0.15, 0.2) is 17.7 Å². The van der Waals surface area contributed by atoms with Crippen molar-refractivity contribution in [2.75, 3.05) is 0 Å². The smallest absolute Gasteiger partial charge is 0.0271 e. The lowest BCUT2D eigenvalue weighted by atomic mass is 10.0. The first kappa shape index (κ1) is 7.67. The van der Waals surface area contributed by atoms with E-state index >= 15 is 0 Å². The highest BCUT2D eigenvalue weighted by molar-refractivity contribution is 7.80. The lowest BCUT2D eigenvalue weighted by Crippen LogP contribution is -1.97. The van der Waals surface area contributed by atoms with Crippen molar-refractivity contribution in [3.63, 3.8) is 0 Å². The van der Waals surface area contributed by atoms with Crippen LogP contribution in [0, 0.1) is 6.08 Å². The van der Waals surface area contributed by atoms with E-state index in [2.05, 4.69) is 19.1 Å². The number of hydrogen-bond acceptors (Lipinski definition) is 1. The Bertz CT molecular complexity index is 187. The minimum atomic E-state index is 0.950. The fourth-order valence-corrected chi connectivity index (χ4v) is 1.31. The summed E-state index contributed by atoms with van der Waals surface area (Å²) in [6.45, 7) is 2.19. The molecule has 1 aliphatic carbocycles. The minimum Gasteiger partial charge on any atom is -0.0839 e. The Labute approximate surface area is 67.6 Å². The van der Waals surface area contributed by atoms with Crippen LogP contribution in [0.1, 0.15) is 26.2 Å². The first-order valence-corrected chi connectivity index (χ1v) is 4.04. The van der Waals surface area contributed by atoms with Gasteiger partial charge in [0.05, 0.1) is 0 Å². The third kappa shape index (κ3) is 2.07. The van der Waals surface area contributed by atoms with Crippen LogP contribution < -0.4 is 0 Å². The average molecular weight is 151 g/mol. The molecule has 0 saturated carbocycles. The van der Waals surface area contributed by atoms with Gasteiger partial charge in [-0.25, -0.2) is 0 Å². The van der Waals surface area contributed by atoms with Gasteiger partial charge < -0.3 is 0 Å². The van der Waals surface area contributed by atoms with Gasteiger partial charge in [-0.15, -0.1) is 0 Å². The maximum atomic E-state index is 5.01. The van der Waals surface area contributed by atoms with Gasteiger partial charge in [0.1, 0.15) is 0 Å². The van der Waals surface area contributed by atoms with Gasteiger partial charge in [0.25, 0.3) is 0 Å². The third-order valence-electron chi connectivity index (χ3n) is 1.52. The zero-order chi connectivity index (χ0) is 7.40. The Morgan fingerprint density at radius 1 is 1.70 bits per heavy atom. The molecule has 0 bridgehead atoms. The average Bonchev–Trinajstić information content (AvgIpc) is 1.88. The molecule has 0 heterocycles. The van der Waals surface area contributed by atoms with Crippen LogP contribution in [0.3, 0.4) is 0 Å². The van der Waals surface area contributed by atoms with E-state index in [-0.39, 0.29) is 0 Å². The van der Waals surface area contributed by atoms with Gasteiger partial charge in [-0.1, -0.05) is 43.3 Å². The van der Waals surface area contributed by atoms with Gasteiger partial charge in [0, 0.05) is 11.3 Å². The van der Waals surface area contributed by atoms with Crippen LogP contribution in [0.25, 0.3) is 0 Å². The summed E-state index contributed by atoms with van der Waals surface area (Å²) in [6, 6.07) is 0. The molecular weight excluding hydrogens is 140 g/mol. The SMILES string of the molecule is CCCC1=CC=[C]C(=S)C1. The molecule has 1 aliphatic rings. The maximum absolute atomic E-state index is 5.01. The van der Waals surface area contributed by atoms with Crippen LogP contribution in [-0.2, 0) is 0 Å². The summed E-state index contributed by atoms with van der Waals surface area (Å²) in [5, 5.41) is 0. The lowest BCUT2D eigenvalue weighted by Gasteiger charge is -2.06. The highest BCUT2D eigenvalue weighted by Crippen LogP contribution is 2.14. The normalized spacial score (nSPS) is 17.3. The summed E-state index contributed by atoms with van der Waals surface area (Å²) < 4.78 is 0. The van der Waals surface area contributed by atoms with Gasteiger partial charge in [0.15, 0.2) is 0 Å². The fraction of sp³-hybridized carbons (Fsp3) is 0.444. The van der Waals surface area contributed by atoms with Crippen molar-refractivity contribution in [3.8, 4) is 0 Å². The molecule has 0 nitrogen and oxygen atoms in total. The Kier molecular flexibility index (Phi) is 2.82. The summed E-state index contributed by atoms with van der Waals surface area (Å²) in [6.07, 6.45) is 10.4. The molecule has 0 aliphatic heterocycles. The topological polar surface area (TPSA) is 0 Å². The number of allylic oxidation sites excluding steroid dienone is 4. The molecule has 0 aromatic carbocycles. The Morgan fingerprint density at radius 3 is 3.10 bits per heavy atom. The molecular formula is C9H11S. The molecule has 0 N–H and O–H groups in total. The largest absolute Gasteiger partial charge is 0.0839 e. The van der Waals surface area contributed by atoms with Crippen molar-refractivity contribution in [1.82, 2.24) is 0 Å². The zero-order valence-electron chi connectivity index (χ0n) is 6.18. The van der Waals surface area contributed by atoms with Crippen molar-refractivity contribution in [1.29, 1.82) is 0 Å². The molecule has 0 aromatic heterocycles. The molecule has 0 unspecified atom stereocenters. The predicted molar refractivity (Wildman–Crippen MR) is 48.0 cm³/mol. The molecule has 0 aromatic rings. The van der Waals surface area contributed by atoms with Gasteiger partial charge in [0.2, 0.25) is 0 Å². The van der Waals surface area contributed by atoms with Crippen LogP contribution >= 0.6 is 12.2 Å². The summed E-state index contributed by atoms with van der Waals surface area (Å²) >= 11 is 5.01. The second-order valence-electron chi connectivity index (χ2n) is 2.49. The summed E-state index contributed by atoms with van der Waals surface area (Å²) in [5.41, 5.74) is 1.45. The molecule has 10 heavy (non-hydrogen) atoms. The molecule has 0 atom stereocenters. The highest BCUT2D eigenvalue weighted by Gasteiger charge is 2.01. The van der Waals surface area contributed by atoms with E-state index in [4.69, 9.17) is 12.2 Å². The van der Waals surface area contributed by atoms with Crippen LogP contribution in [0.2, 0.25) is 0 Å². The molecule has 1 heteroatoms. The van der Waals surface area contributed by atoms with Crippen molar-refractivity contribution >= 4 is 17.1 Å². The van der Waals surface area contributed by atoms with Gasteiger partial charge in [-0.05, 0) is 12.5 Å². The minimum absolute atomic E-state index is 0.950. The van der Waals surface area contributed by atoms with Gasteiger partial charge in [-0.2, -0.15) is 0 Å². The predicted octanol–water partition coefficient (Wildman–Crippen LogP) is 2.85. The van der Waals surface area contributed by atoms with E-state index in [0.717, 1.165) is 11.3 Å². The monoisotopic (exact) mass is 151 g/mol. The molecule has 1 rings (SSSR count). The molecule has 0 saturated heterocycles. The summed E-state index contributed by atoms with van der Waals surface area (Å²) in [5.74, 6) is 0. The van der Waals surface area contributed by atoms with Crippen molar-refractivity contribution in [2.45, 2.75) is 26.2 Å². The lowest BCUT2D eigenvalue weighted by molar-refractivity contribution is 0.888. The number of thiocarbonyl (C=S) groups is 1. The molecule has 0 fully saturated rings. The van der Waals surface area contributed by atoms with E-state index in [1.807, 2.05) is 6.08 Å². The highest BCUT2D eigenvalue weighted by atomic mass is 32.1. The Balaban J connectivity index is 2.53. The van der Waals surface area contributed by atoms with E-state index in [1.54, 1.807) is 0 Å².